The van der Waals surface area contributed by atoms with E-state index >= 15 is 0 Å². The highest BCUT2D eigenvalue weighted by Crippen LogP contribution is 2.29. The molecule has 0 saturated carbocycles. The Morgan fingerprint density at radius 1 is 1.22 bits per heavy atom. The van der Waals surface area contributed by atoms with Crippen molar-refractivity contribution in [2.75, 3.05) is 7.05 Å². The molecule has 0 atom stereocenters. The number of aliphatic imine (C=N–C) groups is 1. The molecule has 0 unspecified atom stereocenters. The molecule has 3 heterocycles. The number of thiophene rings is 1. The van der Waals surface area contributed by atoms with Crippen LogP contribution < -0.4 is 10.6 Å². The molecule has 0 bridgehead atoms. The maximum Gasteiger partial charge on any atom is 0.434 e. The van der Waals surface area contributed by atoms with Crippen LogP contribution in [0.1, 0.15) is 16.4 Å². The van der Waals surface area contributed by atoms with Gasteiger partial charge in [0, 0.05) is 12.4 Å². The number of thiazole rings is 1. The standard InChI is InChI=1S/C15H14F3N5OS2.HI/c1-19-14(21-6-12-23-11(8-26-12)15(16,17)18)20-5-9-7-24-13(22-9)10-3-2-4-25-10;/h2-4,7-8H,5-6H2,1H3,(H2,19,20,21);1H. The summed E-state index contributed by atoms with van der Waals surface area (Å²) in [5, 5.41) is 9.20. The van der Waals surface area contributed by atoms with Gasteiger partial charge in [-0.05, 0) is 11.4 Å². The zero-order valence-corrected chi connectivity index (χ0v) is 17.9. The molecule has 0 aliphatic rings. The molecular weight excluding hydrogens is 514 g/mol. The summed E-state index contributed by atoms with van der Waals surface area (Å²) in [7, 11) is 1.57. The summed E-state index contributed by atoms with van der Waals surface area (Å²) >= 11 is 2.47. The molecule has 0 radical (unpaired) electrons. The van der Waals surface area contributed by atoms with Gasteiger partial charge in [-0.25, -0.2) is 9.97 Å². The molecule has 0 saturated heterocycles. The fourth-order valence-electron chi connectivity index (χ4n) is 1.98. The Bertz CT molecular complexity index is 876. The summed E-state index contributed by atoms with van der Waals surface area (Å²) in [5.74, 6) is 0.969. The summed E-state index contributed by atoms with van der Waals surface area (Å²) in [6, 6.07) is 3.83. The van der Waals surface area contributed by atoms with Crippen LogP contribution in [0.4, 0.5) is 13.2 Å². The normalized spacial score (nSPS) is 11.9. The molecule has 3 rings (SSSR count). The van der Waals surface area contributed by atoms with Gasteiger partial charge >= 0.3 is 6.18 Å². The molecule has 0 spiro atoms. The Labute approximate surface area is 178 Å². The van der Waals surface area contributed by atoms with E-state index in [0.29, 0.717) is 29.1 Å². The first-order valence-corrected chi connectivity index (χ1v) is 9.16. The second-order valence-corrected chi connectivity index (χ2v) is 6.92. The Morgan fingerprint density at radius 3 is 2.63 bits per heavy atom. The van der Waals surface area contributed by atoms with Gasteiger partial charge in [-0.3, -0.25) is 4.99 Å². The van der Waals surface area contributed by atoms with Crippen LogP contribution in [-0.4, -0.2) is 23.0 Å². The zero-order chi connectivity index (χ0) is 18.6. The number of guanidine groups is 1. The fourth-order valence-corrected chi connectivity index (χ4v) is 3.37. The van der Waals surface area contributed by atoms with E-state index in [1.165, 1.54) is 11.3 Å². The van der Waals surface area contributed by atoms with Gasteiger partial charge in [-0.1, -0.05) is 6.07 Å². The average Bonchev–Trinajstić information content (AvgIpc) is 3.35. The highest BCUT2D eigenvalue weighted by Gasteiger charge is 2.33. The van der Waals surface area contributed by atoms with E-state index in [1.54, 1.807) is 13.3 Å². The van der Waals surface area contributed by atoms with Crippen LogP contribution in [0, 0.1) is 0 Å². The van der Waals surface area contributed by atoms with Gasteiger partial charge in [-0.15, -0.1) is 46.7 Å². The summed E-state index contributed by atoms with van der Waals surface area (Å²) < 4.78 is 43.1. The van der Waals surface area contributed by atoms with Crippen LogP contribution >= 0.6 is 46.7 Å². The largest absolute Gasteiger partial charge is 0.443 e. The monoisotopic (exact) mass is 529 g/mol. The van der Waals surface area contributed by atoms with Crippen LogP contribution in [0.2, 0.25) is 0 Å². The first-order valence-electron chi connectivity index (χ1n) is 7.40. The zero-order valence-electron chi connectivity index (χ0n) is 13.9. The minimum Gasteiger partial charge on any atom is -0.443 e. The third kappa shape index (κ3) is 5.90. The molecule has 0 fully saturated rings. The molecule has 0 aliphatic heterocycles. The number of oxazole rings is 1. The smallest absolute Gasteiger partial charge is 0.434 e. The van der Waals surface area contributed by atoms with Crippen LogP contribution in [0.3, 0.4) is 0 Å². The number of hydrogen-bond donors (Lipinski definition) is 2. The maximum absolute atomic E-state index is 12.6. The number of aromatic nitrogens is 2. The molecule has 3 aromatic heterocycles. The molecule has 3 aromatic rings. The number of nitrogens with zero attached hydrogens (tertiary/aromatic N) is 3. The van der Waals surface area contributed by atoms with Gasteiger partial charge in [0.05, 0.1) is 23.7 Å². The van der Waals surface area contributed by atoms with Gasteiger partial charge in [0.1, 0.15) is 11.3 Å². The van der Waals surface area contributed by atoms with Crippen LogP contribution in [0.5, 0.6) is 0 Å². The molecule has 0 aromatic carbocycles. The van der Waals surface area contributed by atoms with Gasteiger partial charge < -0.3 is 15.1 Å². The summed E-state index contributed by atoms with van der Waals surface area (Å²) in [4.78, 5) is 12.9. The van der Waals surface area contributed by atoms with Crippen molar-refractivity contribution in [2.45, 2.75) is 19.3 Å². The molecule has 2 N–H and O–H groups in total. The van der Waals surface area contributed by atoms with E-state index in [0.717, 1.165) is 21.6 Å². The maximum atomic E-state index is 12.6. The second kappa shape index (κ2) is 9.50. The van der Waals surface area contributed by atoms with Crippen molar-refractivity contribution in [3.8, 4) is 10.8 Å². The topological polar surface area (TPSA) is 75.3 Å². The quantitative estimate of drug-likeness (QED) is 0.292. The number of rotatable bonds is 5. The van der Waals surface area contributed by atoms with Crippen molar-refractivity contribution < 1.29 is 17.6 Å². The third-order valence-electron chi connectivity index (χ3n) is 3.19. The van der Waals surface area contributed by atoms with Gasteiger partial charge in [0.15, 0.2) is 11.7 Å². The molecular formula is C15H15F3IN5OS2. The van der Waals surface area contributed by atoms with Crippen molar-refractivity contribution in [1.29, 1.82) is 0 Å². The van der Waals surface area contributed by atoms with E-state index < -0.39 is 11.9 Å². The first-order chi connectivity index (χ1) is 12.5. The van der Waals surface area contributed by atoms with Crippen LogP contribution in [0.25, 0.3) is 10.8 Å². The van der Waals surface area contributed by atoms with Gasteiger partial charge in [-0.2, -0.15) is 13.2 Å². The van der Waals surface area contributed by atoms with Crippen LogP contribution in [-0.2, 0) is 19.3 Å². The Balaban J connectivity index is 0.00000261. The van der Waals surface area contributed by atoms with Gasteiger partial charge in [0.2, 0.25) is 5.89 Å². The molecule has 12 heteroatoms. The predicted molar refractivity (Wildman–Crippen MR) is 109 cm³/mol. The van der Waals surface area contributed by atoms with Gasteiger partial charge in [0.25, 0.3) is 0 Å². The first kappa shape index (κ1) is 21.6. The Hall–Kier alpha value is -1.67. The van der Waals surface area contributed by atoms with Crippen molar-refractivity contribution in [3.63, 3.8) is 0 Å². The van der Waals surface area contributed by atoms with Crippen molar-refractivity contribution in [2.24, 2.45) is 4.99 Å². The highest BCUT2D eigenvalue weighted by molar-refractivity contribution is 14.0. The molecule has 0 aliphatic carbocycles. The van der Waals surface area contributed by atoms with E-state index in [2.05, 4.69) is 25.6 Å². The second-order valence-electron chi connectivity index (χ2n) is 5.02. The van der Waals surface area contributed by atoms with Crippen LogP contribution in [0.15, 0.2) is 38.6 Å². The van der Waals surface area contributed by atoms with Crippen molar-refractivity contribution in [1.82, 2.24) is 20.6 Å². The lowest BCUT2D eigenvalue weighted by Gasteiger charge is -2.09. The summed E-state index contributed by atoms with van der Waals surface area (Å²) in [5.41, 5.74) is -0.198. The van der Waals surface area contributed by atoms with E-state index in [-0.39, 0.29) is 30.5 Å². The van der Waals surface area contributed by atoms with E-state index in [1.807, 2.05) is 17.5 Å². The highest BCUT2D eigenvalue weighted by atomic mass is 127. The van der Waals surface area contributed by atoms with Crippen molar-refractivity contribution >= 4 is 52.6 Å². The number of hydrogen-bond acceptors (Lipinski definition) is 6. The lowest BCUT2D eigenvalue weighted by molar-refractivity contribution is -0.140. The van der Waals surface area contributed by atoms with E-state index in [4.69, 9.17) is 4.42 Å². The summed E-state index contributed by atoms with van der Waals surface area (Å²) in [6.45, 7) is 0.500. The Morgan fingerprint density at radius 2 is 2.00 bits per heavy atom. The fraction of sp³-hybridized carbons (Fsp3) is 0.267. The Kier molecular flexibility index (Phi) is 7.61. The lowest BCUT2D eigenvalue weighted by Crippen LogP contribution is -2.36. The molecule has 146 valence electrons. The predicted octanol–water partition coefficient (Wildman–Crippen LogP) is 4.36. The minimum absolute atomic E-state index is 0. The van der Waals surface area contributed by atoms with Crippen molar-refractivity contribution in [3.05, 3.63) is 45.6 Å². The SMILES string of the molecule is CN=C(NCc1coc(-c2cccs2)n1)NCc1nc(C(F)(F)F)cs1.I. The average molecular weight is 529 g/mol. The molecule has 6 nitrogen and oxygen atoms in total. The third-order valence-corrected chi connectivity index (χ3v) is 4.90. The lowest BCUT2D eigenvalue weighted by atomic mass is 10.4. The number of alkyl halides is 3. The molecule has 0 amide bonds. The summed E-state index contributed by atoms with van der Waals surface area (Å²) in [6.07, 6.45) is -2.88. The number of halogens is 4. The minimum atomic E-state index is -4.43. The van der Waals surface area contributed by atoms with E-state index in [9.17, 15) is 13.2 Å². The number of nitrogens with one attached hydrogen (secondary N) is 2. The molecule has 27 heavy (non-hydrogen) atoms.